The van der Waals surface area contributed by atoms with E-state index in [9.17, 15) is 27.6 Å². The standard InChI is InChI=1S/C29H40F3N5O3/c1-34-19-21(17-26(34)38)27(39)36-15-9-23(10-16-36)35-13-11-24(12-14-35)37(28(40)20-5-3-2-4-6-20)25-8-7-22(18-33-25)29(30,31)32/h7-8,18,20-21,23-24H,2-6,9-17,19H2,1H3/t21-/m0/s1. The van der Waals surface area contributed by atoms with Crippen LogP contribution in [0.4, 0.5) is 19.0 Å². The number of likely N-dealkylation sites (tertiary alicyclic amines) is 3. The van der Waals surface area contributed by atoms with E-state index < -0.39 is 11.7 Å². The van der Waals surface area contributed by atoms with Crippen molar-refractivity contribution in [2.45, 2.75) is 82.5 Å². The van der Waals surface area contributed by atoms with Crippen LogP contribution in [0.15, 0.2) is 18.3 Å². The van der Waals surface area contributed by atoms with Gasteiger partial charge in [-0.1, -0.05) is 19.3 Å². The number of carbonyl (C=O) groups excluding carboxylic acids is 3. The molecule has 5 rings (SSSR count). The van der Waals surface area contributed by atoms with Crippen molar-refractivity contribution in [1.82, 2.24) is 19.7 Å². The van der Waals surface area contributed by atoms with Gasteiger partial charge in [0.05, 0.1) is 11.5 Å². The first-order chi connectivity index (χ1) is 19.1. The van der Waals surface area contributed by atoms with E-state index in [1.807, 2.05) is 4.90 Å². The number of alkyl halides is 3. The zero-order valence-corrected chi connectivity index (χ0v) is 23.2. The summed E-state index contributed by atoms with van der Waals surface area (Å²) in [5, 5.41) is 0. The Morgan fingerprint density at radius 1 is 0.925 bits per heavy atom. The van der Waals surface area contributed by atoms with Gasteiger partial charge in [0.15, 0.2) is 0 Å². The zero-order valence-electron chi connectivity index (χ0n) is 23.2. The fraction of sp³-hybridized carbons (Fsp3) is 0.724. The van der Waals surface area contributed by atoms with Crippen LogP contribution >= 0.6 is 0 Å². The maximum absolute atomic E-state index is 13.7. The van der Waals surface area contributed by atoms with E-state index in [0.29, 0.717) is 37.9 Å². The second-order valence-electron chi connectivity index (χ2n) is 11.9. The molecule has 220 valence electrons. The average molecular weight is 564 g/mol. The molecule has 1 aromatic heterocycles. The van der Waals surface area contributed by atoms with Gasteiger partial charge < -0.3 is 14.7 Å². The summed E-state index contributed by atoms with van der Waals surface area (Å²) in [5.41, 5.74) is -0.812. The molecule has 3 aliphatic heterocycles. The molecule has 40 heavy (non-hydrogen) atoms. The van der Waals surface area contributed by atoms with Crippen LogP contribution in [0.2, 0.25) is 0 Å². The maximum atomic E-state index is 13.7. The van der Waals surface area contributed by atoms with Crippen molar-refractivity contribution in [3.8, 4) is 0 Å². The van der Waals surface area contributed by atoms with Crippen LogP contribution in [0.1, 0.15) is 69.8 Å². The van der Waals surface area contributed by atoms with E-state index in [1.54, 1.807) is 16.8 Å². The van der Waals surface area contributed by atoms with E-state index in [-0.39, 0.29) is 35.6 Å². The van der Waals surface area contributed by atoms with Crippen LogP contribution < -0.4 is 4.90 Å². The van der Waals surface area contributed by atoms with Crippen LogP contribution in [0, 0.1) is 11.8 Å². The molecule has 4 fully saturated rings. The minimum absolute atomic E-state index is 0.00623. The molecule has 0 unspecified atom stereocenters. The van der Waals surface area contributed by atoms with Crippen molar-refractivity contribution in [2.75, 3.05) is 44.7 Å². The maximum Gasteiger partial charge on any atom is 0.417 e. The Labute approximate surface area is 233 Å². The third kappa shape index (κ3) is 6.29. The van der Waals surface area contributed by atoms with Gasteiger partial charge in [-0.25, -0.2) is 4.98 Å². The lowest BCUT2D eigenvalue weighted by atomic mass is 9.87. The SMILES string of the molecule is CN1C[C@@H](C(=O)N2CCC(N3CCC(N(C(=O)C4CCCCC4)c4ccc(C(F)(F)F)cn4)CC3)CC2)CC1=O. The molecule has 11 heteroatoms. The summed E-state index contributed by atoms with van der Waals surface area (Å²) in [4.78, 5) is 50.3. The minimum Gasteiger partial charge on any atom is -0.345 e. The van der Waals surface area contributed by atoms with Crippen molar-refractivity contribution < 1.29 is 27.6 Å². The number of hydrogen-bond acceptors (Lipinski definition) is 5. The quantitative estimate of drug-likeness (QED) is 0.543. The molecular formula is C29H40F3N5O3. The largest absolute Gasteiger partial charge is 0.417 e. The second kappa shape index (κ2) is 12.0. The molecule has 4 heterocycles. The molecule has 8 nitrogen and oxygen atoms in total. The summed E-state index contributed by atoms with van der Waals surface area (Å²) in [6.45, 7) is 3.44. The van der Waals surface area contributed by atoms with Crippen molar-refractivity contribution in [2.24, 2.45) is 11.8 Å². The zero-order chi connectivity index (χ0) is 28.4. The summed E-state index contributed by atoms with van der Waals surface area (Å²) < 4.78 is 39.5. The number of halogens is 3. The number of hydrogen-bond donors (Lipinski definition) is 0. The van der Waals surface area contributed by atoms with E-state index in [1.165, 1.54) is 6.07 Å². The monoisotopic (exact) mass is 563 g/mol. The lowest BCUT2D eigenvalue weighted by Crippen LogP contribution is -2.54. The topological polar surface area (TPSA) is 77.1 Å². The number of aromatic nitrogens is 1. The first-order valence-electron chi connectivity index (χ1n) is 14.7. The molecule has 0 spiro atoms. The molecule has 1 aromatic rings. The van der Waals surface area contributed by atoms with Crippen molar-refractivity contribution in [3.63, 3.8) is 0 Å². The third-order valence-electron chi connectivity index (χ3n) is 9.36. The summed E-state index contributed by atoms with van der Waals surface area (Å²) in [6, 6.07) is 2.61. The summed E-state index contributed by atoms with van der Waals surface area (Å²) >= 11 is 0. The van der Waals surface area contributed by atoms with Gasteiger partial charge in [0, 0.05) is 70.4 Å². The van der Waals surface area contributed by atoms with E-state index in [2.05, 4.69) is 9.88 Å². The van der Waals surface area contributed by atoms with E-state index >= 15 is 0 Å². The minimum atomic E-state index is -4.47. The summed E-state index contributed by atoms with van der Waals surface area (Å²) in [5.74, 6) is 0.0662. The average Bonchev–Trinajstić information content (AvgIpc) is 3.31. The number of rotatable bonds is 5. The number of nitrogens with zero attached hydrogens (tertiary/aromatic N) is 5. The van der Waals surface area contributed by atoms with Crippen LogP contribution in [0.25, 0.3) is 0 Å². The fourth-order valence-electron chi connectivity index (χ4n) is 6.97. The Bertz CT molecular complexity index is 1060. The highest BCUT2D eigenvalue weighted by atomic mass is 19.4. The van der Waals surface area contributed by atoms with Crippen LogP contribution in [0.3, 0.4) is 0 Å². The molecule has 4 aliphatic rings. The Morgan fingerprint density at radius 2 is 1.60 bits per heavy atom. The smallest absolute Gasteiger partial charge is 0.345 e. The van der Waals surface area contributed by atoms with Crippen molar-refractivity contribution in [3.05, 3.63) is 23.9 Å². The predicted octanol–water partition coefficient (Wildman–Crippen LogP) is 3.95. The second-order valence-corrected chi connectivity index (χ2v) is 11.9. The molecule has 3 amide bonds. The van der Waals surface area contributed by atoms with E-state index in [4.69, 9.17) is 0 Å². The fourth-order valence-corrected chi connectivity index (χ4v) is 6.97. The molecule has 1 aliphatic carbocycles. The van der Waals surface area contributed by atoms with E-state index in [0.717, 1.165) is 83.1 Å². The Hall–Kier alpha value is -2.69. The first kappa shape index (κ1) is 28.8. The molecule has 0 radical (unpaired) electrons. The molecule has 1 atom stereocenters. The van der Waals surface area contributed by atoms with Gasteiger partial charge >= 0.3 is 6.18 Å². The van der Waals surface area contributed by atoms with Crippen molar-refractivity contribution >= 4 is 23.5 Å². The molecular weight excluding hydrogens is 523 g/mol. The molecule has 0 N–H and O–H groups in total. The summed E-state index contributed by atoms with van der Waals surface area (Å²) in [6.07, 6.45) is 4.61. The van der Waals surface area contributed by atoms with Gasteiger partial charge in [0.25, 0.3) is 0 Å². The Morgan fingerprint density at radius 3 is 2.15 bits per heavy atom. The van der Waals surface area contributed by atoms with Crippen LogP contribution in [-0.2, 0) is 20.6 Å². The van der Waals surface area contributed by atoms with Gasteiger partial charge in [-0.2, -0.15) is 13.2 Å². The number of pyridine rings is 1. The lowest BCUT2D eigenvalue weighted by molar-refractivity contribution is -0.138. The highest BCUT2D eigenvalue weighted by molar-refractivity contribution is 5.95. The van der Waals surface area contributed by atoms with Gasteiger partial charge in [0.2, 0.25) is 17.7 Å². The molecule has 0 aromatic carbocycles. The first-order valence-corrected chi connectivity index (χ1v) is 14.7. The number of amides is 3. The van der Waals surface area contributed by atoms with Gasteiger partial charge in [-0.05, 0) is 50.7 Å². The number of carbonyl (C=O) groups is 3. The van der Waals surface area contributed by atoms with Gasteiger partial charge in [-0.3, -0.25) is 19.3 Å². The Balaban J connectivity index is 1.20. The highest BCUT2D eigenvalue weighted by Crippen LogP contribution is 2.34. The van der Waals surface area contributed by atoms with Crippen LogP contribution in [-0.4, -0.2) is 89.3 Å². The summed E-state index contributed by atoms with van der Waals surface area (Å²) in [7, 11) is 1.74. The van der Waals surface area contributed by atoms with Crippen LogP contribution in [0.5, 0.6) is 0 Å². The highest BCUT2D eigenvalue weighted by Gasteiger charge is 2.39. The van der Waals surface area contributed by atoms with Crippen molar-refractivity contribution in [1.29, 1.82) is 0 Å². The molecule has 3 saturated heterocycles. The van der Waals surface area contributed by atoms with Gasteiger partial charge in [0.1, 0.15) is 5.82 Å². The molecule has 0 bridgehead atoms. The van der Waals surface area contributed by atoms with Gasteiger partial charge in [-0.15, -0.1) is 0 Å². The molecule has 1 saturated carbocycles. The normalized spacial score (nSPS) is 24.5. The predicted molar refractivity (Wildman–Crippen MR) is 143 cm³/mol. The lowest BCUT2D eigenvalue weighted by Gasteiger charge is -2.44. The number of anilines is 1. The Kier molecular flexibility index (Phi) is 8.68. The third-order valence-corrected chi connectivity index (χ3v) is 9.36. The number of piperidine rings is 2.